The van der Waals surface area contributed by atoms with Gasteiger partial charge in [0.05, 0.1) is 12.1 Å². The van der Waals surface area contributed by atoms with E-state index in [-0.39, 0.29) is 24.1 Å². The molecule has 2 rings (SSSR count). The van der Waals surface area contributed by atoms with Gasteiger partial charge in [0.2, 0.25) is 5.91 Å². The van der Waals surface area contributed by atoms with Gasteiger partial charge in [0.25, 0.3) is 5.91 Å². The Morgan fingerprint density at radius 2 is 2.10 bits per heavy atom. The Morgan fingerprint density at radius 3 is 2.70 bits per heavy atom. The Kier molecular flexibility index (Phi) is 4.72. The van der Waals surface area contributed by atoms with Crippen LogP contribution in [0.15, 0.2) is 5.38 Å². The topological polar surface area (TPSA) is 91.3 Å². The molecule has 1 aliphatic carbocycles. The number of rotatable bonds is 4. The number of hydrogen-bond donors (Lipinski definition) is 3. The average Bonchev–Trinajstić information content (AvgIpc) is 2.87. The summed E-state index contributed by atoms with van der Waals surface area (Å²) < 4.78 is 0. The van der Waals surface area contributed by atoms with Gasteiger partial charge in [-0.15, -0.1) is 11.3 Å². The first-order valence-corrected chi connectivity index (χ1v) is 7.59. The number of aliphatic hydroxyl groups is 1. The zero-order chi connectivity index (χ0) is 14.6. The fraction of sp³-hybridized carbons (Fsp3) is 0.615. The summed E-state index contributed by atoms with van der Waals surface area (Å²) in [5, 5.41) is 17.0. The van der Waals surface area contributed by atoms with Gasteiger partial charge in [-0.25, -0.2) is 4.98 Å². The van der Waals surface area contributed by atoms with Crippen molar-refractivity contribution in [2.45, 2.75) is 44.6 Å². The van der Waals surface area contributed by atoms with Gasteiger partial charge >= 0.3 is 0 Å². The molecule has 0 bridgehead atoms. The van der Waals surface area contributed by atoms with Gasteiger partial charge in [-0.1, -0.05) is 19.3 Å². The van der Waals surface area contributed by atoms with Crippen LogP contribution >= 0.6 is 11.3 Å². The lowest BCUT2D eigenvalue weighted by atomic mass is 9.82. The maximum Gasteiger partial charge on any atom is 0.271 e. The van der Waals surface area contributed by atoms with Gasteiger partial charge in [0, 0.05) is 12.3 Å². The Hall–Kier alpha value is -1.47. The normalized spacial score (nSPS) is 17.5. The maximum atomic E-state index is 12.2. The lowest BCUT2D eigenvalue weighted by Gasteiger charge is -2.36. The van der Waals surface area contributed by atoms with Gasteiger partial charge in [0.15, 0.2) is 5.13 Å². The molecule has 0 aliphatic heterocycles. The molecule has 0 aromatic carbocycles. The SMILES string of the molecule is CC(=O)Nc1nc(C(=O)NC2(CO)CCCCC2)cs1. The Morgan fingerprint density at radius 1 is 1.40 bits per heavy atom. The predicted octanol–water partition coefficient (Wildman–Crippen LogP) is 1.53. The zero-order valence-electron chi connectivity index (χ0n) is 11.4. The van der Waals surface area contributed by atoms with E-state index in [4.69, 9.17) is 0 Å². The van der Waals surface area contributed by atoms with Crippen molar-refractivity contribution in [3.05, 3.63) is 11.1 Å². The summed E-state index contributed by atoms with van der Waals surface area (Å²) in [4.78, 5) is 27.2. The van der Waals surface area contributed by atoms with Crippen LogP contribution < -0.4 is 10.6 Å². The van der Waals surface area contributed by atoms with Crippen molar-refractivity contribution in [1.82, 2.24) is 10.3 Å². The minimum absolute atomic E-state index is 0.0541. The van der Waals surface area contributed by atoms with Gasteiger partial charge < -0.3 is 15.7 Å². The van der Waals surface area contributed by atoms with Crippen LogP contribution in [0.4, 0.5) is 5.13 Å². The molecule has 0 spiro atoms. The third-order valence-electron chi connectivity index (χ3n) is 3.51. The van der Waals surface area contributed by atoms with Crippen molar-refractivity contribution in [3.8, 4) is 0 Å². The number of carbonyl (C=O) groups excluding carboxylic acids is 2. The highest BCUT2D eigenvalue weighted by molar-refractivity contribution is 7.14. The minimum Gasteiger partial charge on any atom is -0.394 e. The number of nitrogens with zero attached hydrogens (tertiary/aromatic N) is 1. The number of nitrogens with one attached hydrogen (secondary N) is 2. The van der Waals surface area contributed by atoms with Gasteiger partial charge in [-0.05, 0) is 12.8 Å². The number of aliphatic hydroxyl groups excluding tert-OH is 1. The second kappa shape index (κ2) is 6.32. The van der Waals surface area contributed by atoms with Crippen molar-refractivity contribution in [1.29, 1.82) is 0 Å². The molecule has 7 heteroatoms. The number of hydrogen-bond acceptors (Lipinski definition) is 5. The molecule has 6 nitrogen and oxygen atoms in total. The molecule has 1 saturated carbocycles. The van der Waals surface area contributed by atoms with Gasteiger partial charge in [-0.2, -0.15) is 0 Å². The molecule has 1 aromatic heterocycles. The fourth-order valence-corrected chi connectivity index (χ4v) is 3.18. The molecule has 1 fully saturated rings. The highest BCUT2D eigenvalue weighted by atomic mass is 32.1. The van der Waals surface area contributed by atoms with E-state index in [0.29, 0.717) is 5.13 Å². The van der Waals surface area contributed by atoms with Crippen molar-refractivity contribution < 1.29 is 14.7 Å². The van der Waals surface area contributed by atoms with Crippen LogP contribution in [0.5, 0.6) is 0 Å². The van der Waals surface area contributed by atoms with E-state index in [1.807, 2.05) is 0 Å². The van der Waals surface area contributed by atoms with Crippen molar-refractivity contribution in [2.24, 2.45) is 0 Å². The maximum absolute atomic E-state index is 12.2. The third kappa shape index (κ3) is 3.55. The summed E-state index contributed by atoms with van der Waals surface area (Å²) >= 11 is 1.21. The molecule has 0 radical (unpaired) electrons. The van der Waals surface area contributed by atoms with E-state index in [1.54, 1.807) is 5.38 Å². The minimum atomic E-state index is -0.521. The summed E-state index contributed by atoms with van der Waals surface area (Å²) in [7, 11) is 0. The molecule has 3 N–H and O–H groups in total. The fourth-order valence-electron chi connectivity index (χ4n) is 2.44. The smallest absolute Gasteiger partial charge is 0.271 e. The number of carbonyl (C=O) groups is 2. The second-order valence-electron chi connectivity index (χ2n) is 5.17. The summed E-state index contributed by atoms with van der Waals surface area (Å²) in [5.74, 6) is -0.515. The first-order valence-electron chi connectivity index (χ1n) is 6.71. The molecule has 20 heavy (non-hydrogen) atoms. The second-order valence-corrected chi connectivity index (χ2v) is 6.03. The van der Waals surface area contributed by atoms with Crippen LogP contribution in [0.1, 0.15) is 49.5 Å². The Balaban J connectivity index is 2.03. The molecule has 0 saturated heterocycles. The van der Waals surface area contributed by atoms with Crippen LogP contribution in [-0.2, 0) is 4.79 Å². The number of amides is 2. The summed E-state index contributed by atoms with van der Waals surface area (Å²) in [6.45, 7) is 1.34. The quantitative estimate of drug-likeness (QED) is 0.786. The van der Waals surface area contributed by atoms with E-state index in [2.05, 4.69) is 15.6 Å². The summed E-state index contributed by atoms with van der Waals surface area (Å²) in [6.07, 6.45) is 4.74. The lowest BCUT2D eigenvalue weighted by molar-refractivity contribution is -0.114. The van der Waals surface area contributed by atoms with Crippen molar-refractivity contribution >= 4 is 28.3 Å². The average molecular weight is 297 g/mol. The summed E-state index contributed by atoms with van der Waals surface area (Å²) in [6, 6.07) is 0. The Bertz CT molecular complexity index is 495. The van der Waals surface area contributed by atoms with Gasteiger partial charge in [0.1, 0.15) is 5.69 Å². The van der Waals surface area contributed by atoms with Crippen molar-refractivity contribution in [3.63, 3.8) is 0 Å². The van der Waals surface area contributed by atoms with E-state index < -0.39 is 5.54 Å². The largest absolute Gasteiger partial charge is 0.394 e. The van der Waals surface area contributed by atoms with Crippen LogP contribution in [0.25, 0.3) is 0 Å². The number of aromatic nitrogens is 1. The number of thiazole rings is 1. The standard InChI is InChI=1S/C13H19N3O3S/c1-9(18)14-12-15-10(7-20-12)11(19)16-13(8-17)5-3-2-4-6-13/h7,17H,2-6,8H2,1H3,(H,16,19)(H,14,15,18). The molecular weight excluding hydrogens is 278 g/mol. The summed E-state index contributed by atoms with van der Waals surface area (Å²) in [5.41, 5.74) is -0.246. The molecule has 1 heterocycles. The monoisotopic (exact) mass is 297 g/mol. The molecule has 1 aliphatic rings. The number of anilines is 1. The van der Waals surface area contributed by atoms with Gasteiger partial charge in [-0.3, -0.25) is 9.59 Å². The lowest BCUT2D eigenvalue weighted by Crippen LogP contribution is -2.52. The van der Waals surface area contributed by atoms with E-state index >= 15 is 0 Å². The first-order chi connectivity index (χ1) is 9.54. The predicted molar refractivity (Wildman–Crippen MR) is 76.8 cm³/mol. The first kappa shape index (κ1) is 14.9. The van der Waals surface area contributed by atoms with Crippen LogP contribution in [0, 0.1) is 0 Å². The van der Waals surface area contributed by atoms with E-state index in [1.165, 1.54) is 18.3 Å². The van der Waals surface area contributed by atoms with Crippen LogP contribution in [0.3, 0.4) is 0 Å². The molecule has 2 amide bonds. The zero-order valence-corrected chi connectivity index (χ0v) is 12.3. The molecular formula is C13H19N3O3S. The van der Waals surface area contributed by atoms with E-state index in [9.17, 15) is 14.7 Å². The highest BCUT2D eigenvalue weighted by Crippen LogP contribution is 2.28. The van der Waals surface area contributed by atoms with Crippen LogP contribution in [0.2, 0.25) is 0 Å². The Labute approximate surface area is 121 Å². The van der Waals surface area contributed by atoms with Crippen molar-refractivity contribution in [2.75, 3.05) is 11.9 Å². The molecule has 110 valence electrons. The molecule has 1 aromatic rings. The van der Waals surface area contributed by atoms with Crippen LogP contribution in [-0.4, -0.2) is 34.1 Å². The molecule has 0 unspecified atom stereocenters. The third-order valence-corrected chi connectivity index (χ3v) is 4.27. The highest BCUT2D eigenvalue weighted by Gasteiger charge is 2.33. The molecule has 0 atom stereocenters. The van der Waals surface area contributed by atoms with E-state index in [0.717, 1.165) is 32.1 Å².